The first-order valence-electron chi connectivity index (χ1n) is 12.1. The molecule has 1 saturated heterocycles. The van der Waals surface area contributed by atoms with Gasteiger partial charge in [0, 0.05) is 37.7 Å². The van der Waals surface area contributed by atoms with E-state index in [4.69, 9.17) is 10.5 Å². The van der Waals surface area contributed by atoms with Crippen molar-refractivity contribution in [1.82, 2.24) is 19.6 Å². The van der Waals surface area contributed by atoms with E-state index in [-0.39, 0.29) is 23.9 Å². The SMILES string of the molecule is CO[C@H]1CN(c2c(NC(=O)c3ccc(=O)n(-c4c(F)cccc4F)n3)ccc3c2cnn3C(C)C)C[C@H]1N. The van der Waals surface area contributed by atoms with Gasteiger partial charge in [-0.15, -0.1) is 0 Å². The maximum Gasteiger partial charge on any atom is 0.276 e. The summed E-state index contributed by atoms with van der Waals surface area (Å²) in [5.74, 6) is -2.63. The molecule has 1 amide bonds. The third kappa shape index (κ3) is 4.41. The van der Waals surface area contributed by atoms with Gasteiger partial charge in [0.2, 0.25) is 0 Å². The number of methoxy groups -OCH3 is 1. The topological polar surface area (TPSA) is 120 Å². The summed E-state index contributed by atoms with van der Waals surface area (Å²) in [5, 5.41) is 12.1. The van der Waals surface area contributed by atoms with Crippen LogP contribution in [-0.2, 0) is 4.74 Å². The molecular weight excluding hydrogens is 496 g/mol. The maximum atomic E-state index is 14.3. The van der Waals surface area contributed by atoms with Gasteiger partial charge in [0.05, 0.1) is 35.2 Å². The second kappa shape index (κ2) is 9.95. The molecule has 1 aliphatic heterocycles. The molecule has 2 aromatic heterocycles. The Bertz CT molecular complexity index is 1560. The number of anilines is 2. The number of nitrogens with one attached hydrogen (secondary N) is 1. The lowest BCUT2D eigenvalue weighted by molar-refractivity contribution is 0.102. The number of amides is 1. The zero-order valence-electron chi connectivity index (χ0n) is 21.1. The van der Waals surface area contributed by atoms with Crippen LogP contribution in [0.1, 0.15) is 30.4 Å². The molecule has 12 heteroatoms. The number of nitrogens with two attached hydrogens (primary N) is 1. The number of aromatic nitrogens is 4. The number of halogens is 2. The molecule has 2 atom stereocenters. The van der Waals surface area contributed by atoms with Crippen molar-refractivity contribution in [3.8, 4) is 5.69 Å². The van der Waals surface area contributed by atoms with Crippen LogP contribution >= 0.6 is 0 Å². The largest absolute Gasteiger partial charge is 0.378 e. The molecule has 38 heavy (non-hydrogen) atoms. The molecule has 2 aromatic carbocycles. The molecule has 10 nitrogen and oxygen atoms in total. The monoisotopic (exact) mass is 523 g/mol. The Balaban J connectivity index is 1.56. The van der Waals surface area contributed by atoms with E-state index in [0.29, 0.717) is 29.1 Å². The van der Waals surface area contributed by atoms with E-state index < -0.39 is 28.8 Å². The Morgan fingerprint density at radius 3 is 2.50 bits per heavy atom. The van der Waals surface area contributed by atoms with Crippen LogP contribution in [0.2, 0.25) is 0 Å². The molecule has 5 rings (SSSR count). The van der Waals surface area contributed by atoms with E-state index in [1.807, 2.05) is 29.5 Å². The molecule has 3 heterocycles. The average molecular weight is 524 g/mol. The van der Waals surface area contributed by atoms with Gasteiger partial charge in [0.1, 0.15) is 11.4 Å². The minimum absolute atomic E-state index is 0.109. The van der Waals surface area contributed by atoms with E-state index >= 15 is 0 Å². The quantitative estimate of drug-likeness (QED) is 0.399. The zero-order valence-corrected chi connectivity index (χ0v) is 21.1. The number of carbonyl (C=O) groups is 1. The minimum atomic E-state index is -0.981. The van der Waals surface area contributed by atoms with Crippen LogP contribution in [-0.4, -0.2) is 57.8 Å². The Kier molecular flexibility index (Phi) is 6.67. The summed E-state index contributed by atoms with van der Waals surface area (Å²) in [6.07, 6.45) is 1.54. The summed E-state index contributed by atoms with van der Waals surface area (Å²) in [6.45, 7) is 5.03. The minimum Gasteiger partial charge on any atom is -0.378 e. The molecule has 198 valence electrons. The van der Waals surface area contributed by atoms with Crippen LogP contribution in [0.5, 0.6) is 0 Å². The molecular formula is C26H27F2N7O3. The van der Waals surface area contributed by atoms with Crippen LogP contribution in [0.25, 0.3) is 16.6 Å². The Labute approximate surface area is 216 Å². The van der Waals surface area contributed by atoms with Crippen molar-refractivity contribution in [2.45, 2.75) is 32.0 Å². The molecule has 0 saturated carbocycles. The number of rotatable bonds is 6. The van der Waals surface area contributed by atoms with Gasteiger partial charge in [-0.05, 0) is 44.2 Å². The molecule has 3 N–H and O–H groups in total. The molecule has 0 spiro atoms. The van der Waals surface area contributed by atoms with E-state index in [1.165, 1.54) is 12.1 Å². The highest BCUT2D eigenvalue weighted by atomic mass is 19.1. The smallest absolute Gasteiger partial charge is 0.276 e. The molecule has 1 fully saturated rings. The van der Waals surface area contributed by atoms with Gasteiger partial charge in [-0.25, -0.2) is 8.78 Å². The predicted molar refractivity (Wildman–Crippen MR) is 139 cm³/mol. The first-order valence-corrected chi connectivity index (χ1v) is 12.1. The maximum absolute atomic E-state index is 14.3. The van der Waals surface area contributed by atoms with Crippen LogP contribution in [0, 0.1) is 11.6 Å². The highest BCUT2D eigenvalue weighted by Gasteiger charge is 2.33. The van der Waals surface area contributed by atoms with Gasteiger partial charge in [0.25, 0.3) is 11.5 Å². The van der Waals surface area contributed by atoms with E-state index in [0.717, 1.165) is 29.1 Å². The first kappa shape index (κ1) is 25.5. The summed E-state index contributed by atoms with van der Waals surface area (Å²) in [4.78, 5) is 27.7. The molecule has 1 aliphatic rings. The number of nitrogens with zero attached hydrogens (tertiary/aromatic N) is 5. The normalized spacial score (nSPS) is 17.5. The number of hydrogen-bond donors (Lipinski definition) is 2. The van der Waals surface area contributed by atoms with Crippen molar-refractivity contribution in [2.75, 3.05) is 30.4 Å². The lowest BCUT2D eigenvalue weighted by Gasteiger charge is -2.23. The average Bonchev–Trinajstić information content (AvgIpc) is 3.48. The second-order valence-electron chi connectivity index (χ2n) is 9.41. The summed E-state index contributed by atoms with van der Waals surface area (Å²) in [7, 11) is 1.60. The highest BCUT2D eigenvalue weighted by molar-refractivity contribution is 6.09. The second-order valence-corrected chi connectivity index (χ2v) is 9.41. The van der Waals surface area contributed by atoms with Crippen molar-refractivity contribution in [1.29, 1.82) is 0 Å². The third-order valence-corrected chi connectivity index (χ3v) is 6.60. The van der Waals surface area contributed by atoms with Crippen molar-refractivity contribution < 1.29 is 18.3 Å². The van der Waals surface area contributed by atoms with E-state index in [2.05, 4.69) is 15.5 Å². The molecule has 0 aliphatic carbocycles. The van der Waals surface area contributed by atoms with Gasteiger partial charge in [-0.3, -0.25) is 14.3 Å². The molecule has 0 bridgehead atoms. The van der Waals surface area contributed by atoms with Crippen LogP contribution < -0.4 is 21.5 Å². The zero-order chi connectivity index (χ0) is 27.1. The van der Waals surface area contributed by atoms with Gasteiger partial charge in [0.15, 0.2) is 11.6 Å². The van der Waals surface area contributed by atoms with Gasteiger partial charge in [-0.2, -0.15) is 14.9 Å². The predicted octanol–water partition coefficient (Wildman–Crippen LogP) is 2.86. The van der Waals surface area contributed by atoms with Crippen molar-refractivity contribution in [3.05, 3.63) is 76.3 Å². The van der Waals surface area contributed by atoms with Crippen LogP contribution in [0.4, 0.5) is 20.2 Å². The van der Waals surface area contributed by atoms with E-state index in [9.17, 15) is 18.4 Å². The fraction of sp³-hybridized carbons (Fsp3) is 0.308. The highest BCUT2D eigenvalue weighted by Crippen LogP contribution is 2.37. The number of ether oxygens (including phenoxy) is 1. The summed E-state index contributed by atoms with van der Waals surface area (Å²) in [6, 6.07) is 8.91. The van der Waals surface area contributed by atoms with Crippen LogP contribution in [0.3, 0.4) is 0 Å². The van der Waals surface area contributed by atoms with Gasteiger partial charge < -0.3 is 20.7 Å². The van der Waals surface area contributed by atoms with Crippen molar-refractivity contribution >= 4 is 28.2 Å². The number of benzene rings is 2. The molecule has 4 aromatic rings. The fourth-order valence-corrected chi connectivity index (χ4v) is 4.76. The lowest BCUT2D eigenvalue weighted by Crippen LogP contribution is -2.34. The molecule has 0 unspecified atom stereocenters. The number of carbonyl (C=O) groups excluding carboxylic acids is 1. The van der Waals surface area contributed by atoms with Gasteiger partial charge >= 0.3 is 0 Å². The third-order valence-electron chi connectivity index (χ3n) is 6.60. The Morgan fingerprint density at radius 2 is 1.84 bits per heavy atom. The standard InChI is InChI=1S/C26H27F2N7O3/c1-14(2)34-21-9-7-19(24(15(21)11-30-34)33-12-18(29)22(13-33)38-3)31-26(37)20-8-10-23(36)35(32-20)25-16(27)5-4-6-17(25)28/h4-11,14,18,22H,12-13,29H2,1-3H3,(H,31,37)/t18-,22+/m1/s1. The van der Waals surface area contributed by atoms with E-state index in [1.54, 1.807) is 19.4 Å². The summed E-state index contributed by atoms with van der Waals surface area (Å²) in [5.41, 5.74) is 6.69. The van der Waals surface area contributed by atoms with Crippen LogP contribution in [0.15, 0.2) is 53.5 Å². The number of para-hydroxylation sites is 1. The summed E-state index contributed by atoms with van der Waals surface area (Å²) >= 11 is 0. The lowest BCUT2D eigenvalue weighted by atomic mass is 10.1. The first-order chi connectivity index (χ1) is 18.2. The van der Waals surface area contributed by atoms with Gasteiger partial charge in [-0.1, -0.05) is 6.07 Å². The molecule has 0 radical (unpaired) electrons. The van der Waals surface area contributed by atoms with Crippen molar-refractivity contribution in [3.63, 3.8) is 0 Å². The summed E-state index contributed by atoms with van der Waals surface area (Å²) < 4.78 is 36.6. The Hall–Kier alpha value is -4.16. The fourth-order valence-electron chi connectivity index (χ4n) is 4.76. The Morgan fingerprint density at radius 1 is 1.11 bits per heavy atom. The number of hydrogen-bond acceptors (Lipinski definition) is 7. The number of fused-ring (bicyclic) bond motifs is 1. The van der Waals surface area contributed by atoms with Crippen molar-refractivity contribution in [2.24, 2.45) is 5.73 Å².